The summed E-state index contributed by atoms with van der Waals surface area (Å²) in [4.78, 5) is 0. The second kappa shape index (κ2) is 5.02. The van der Waals surface area contributed by atoms with Crippen LogP contribution in [0.25, 0.3) is 0 Å². The summed E-state index contributed by atoms with van der Waals surface area (Å²) in [6, 6.07) is 3.06. The van der Waals surface area contributed by atoms with Gasteiger partial charge >= 0.3 is 0 Å². The Balaban J connectivity index is 2.96. The normalized spacial score (nSPS) is 12.9. The molecule has 0 aliphatic carbocycles. The van der Waals surface area contributed by atoms with E-state index in [0.717, 1.165) is 12.1 Å². The van der Waals surface area contributed by atoms with Crippen molar-refractivity contribution in [2.45, 2.75) is 6.04 Å². The molecule has 0 saturated heterocycles. The summed E-state index contributed by atoms with van der Waals surface area (Å²) in [5.41, 5.74) is 0.286. The minimum Gasteiger partial charge on any atom is -0.383 e. The first-order chi connectivity index (χ1) is 6.69. The lowest BCUT2D eigenvalue weighted by molar-refractivity contribution is 0.168. The first-order valence-corrected chi connectivity index (χ1v) is 4.30. The Morgan fingerprint density at radius 3 is 2.71 bits per heavy atom. The molecule has 0 amide bonds. The van der Waals surface area contributed by atoms with Gasteiger partial charge in [-0.1, -0.05) is 0 Å². The van der Waals surface area contributed by atoms with E-state index in [4.69, 9.17) is 4.74 Å². The van der Waals surface area contributed by atoms with Gasteiger partial charge in [-0.25, -0.2) is 8.78 Å². The van der Waals surface area contributed by atoms with Gasteiger partial charge in [-0.15, -0.1) is 0 Å². The number of rotatable bonds is 4. The number of likely N-dealkylation sites (N-methyl/N-ethyl adjacent to an activating group) is 1. The lowest BCUT2D eigenvalue weighted by Gasteiger charge is -2.16. The van der Waals surface area contributed by atoms with E-state index in [1.165, 1.54) is 13.2 Å². The van der Waals surface area contributed by atoms with Crippen LogP contribution in [0.2, 0.25) is 0 Å². The van der Waals surface area contributed by atoms with Crippen LogP contribution in [0.4, 0.5) is 8.78 Å². The van der Waals surface area contributed by atoms with E-state index in [2.05, 4.69) is 5.32 Å². The first-order valence-electron chi connectivity index (χ1n) is 4.30. The number of halogens is 2. The zero-order valence-electron chi connectivity index (χ0n) is 8.18. The molecule has 78 valence electrons. The molecule has 0 radical (unpaired) electrons. The van der Waals surface area contributed by atoms with E-state index in [1.54, 1.807) is 7.05 Å². The lowest BCUT2D eigenvalue weighted by atomic mass is 10.1. The topological polar surface area (TPSA) is 21.3 Å². The largest absolute Gasteiger partial charge is 0.383 e. The average Bonchev–Trinajstić information content (AvgIpc) is 2.18. The molecule has 0 aliphatic rings. The molecule has 0 aromatic heterocycles. The van der Waals surface area contributed by atoms with Gasteiger partial charge in [-0.05, 0) is 25.2 Å². The molecule has 2 nitrogen and oxygen atoms in total. The van der Waals surface area contributed by atoms with Crippen molar-refractivity contribution in [1.29, 1.82) is 0 Å². The zero-order chi connectivity index (χ0) is 10.6. The maximum Gasteiger partial charge on any atom is 0.128 e. The van der Waals surface area contributed by atoms with Crippen molar-refractivity contribution in [2.75, 3.05) is 20.8 Å². The van der Waals surface area contributed by atoms with Crippen LogP contribution < -0.4 is 5.32 Å². The maximum atomic E-state index is 13.3. The van der Waals surface area contributed by atoms with Crippen LogP contribution in [-0.4, -0.2) is 20.8 Å². The van der Waals surface area contributed by atoms with Crippen LogP contribution in [0.5, 0.6) is 0 Å². The van der Waals surface area contributed by atoms with Crippen molar-refractivity contribution in [3.8, 4) is 0 Å². The Morgan fingerprint density at radius 1 is 1.43 bits per heavy atom. The fraction of sp³-hybridized carbons (Fsp3) is 0.400. The van der Waals surface area contributed by atoms with Gasteiger partial charge in [0.15, 0.2) is 0 Å². The highest BCUT2D eigenvalue weighted by Gasteiger charge is 2.14. The third-order valence-electron chi connectivity index (χ3n) is 2.02. The minimum absolute atomic E-state index is 0.286. The molecule has 0 spiro atoms. The van der Waals surface area contributed by atoms with E-state index in [1.807, 2.05) is 0 Å². The summed E-state index contributed by atoms with van der Waals surface area (Å²) >= 11 is 0. The summed E-state index contributed by atoms with van der Waals surface area (Å²) in [7, 11) is 3.19. The summed E-state index contributed by atoms with van der Waals surface area (Å²) < 4.78 is 31.0. The molecule has 1 rings (SSSR count). The van der Waals surface area contributed by atoms with Gasteiger partial charge in [0.2, 0.25) is 0 Å². The summed E-state index contributed by atoms with van der Waals surface area (Å²) in [6.45, 7) is 0.302. The van der Waals surface area contributed by atoms with Gasteiger partial charge in [0.1, 0.15) is 11.6 Å². The van der Waals surface area contributed by atoms with Crippen molar-refractivity contribution >= 4 is 0 Å². The molecule has 1 aromatic rings. The molecule has 0 saturated carbocycles. The molecule has 0 heterocycles. The number of hydrogen-bond acceptors (Lipinski definition) is 2. The molecular formula is C10H13F2NO. The molecule has 1 N–H and O–H groups in total. The van der Waals surface area contributed by atoms with Crippen LogP contribution in [-0.2, 0) is 4.74 Å². The number of hydrogen-bond donors (Lipinski definition) is 1. The lowest BCUT2D eigenvalue weighted by Crippen LogP contribution is -2.22. The quantitative estimate of drug-likeness (QED) is 0.803. The molecule has 1 atom stereocenters. The molecule has 4 heteroatoms. The highest BCUT2D eigenvalue weighted by molar-refractivity contribution is 5.22. The molecule has 1 unspecified atom stereocenters. The zero-order valence-corrected chi connectivity index (χ0v) is 8.18. The van der Waals surface area contributed by atoms with Gasteiger partial charge in [-0.3, -0.25) is 0 Å². The van der Waals surface area contributed by atoms with Gasteiger partial charge in [0.05, 0.1) is 12.6 Å². The summed E-state index contributed by atoms with van der Waals surface area (Å²) in [6.07, 6.45) is 0. The molecule has 0 fully saturated rings. The standard InChI is InChI=1S/C10H13F2NO/c1-13-10(6-14-2)8-5-7(11)3-4-9(8)12/h3-5,10,13H,6H2,1-2H3. The fourth-order valence-electron chi connectivity index (χ4n) is 1.28. The van der Waals surface area contributed by atoms with Crippen molar-refractivity contribution in [2.24, 2.45) is 0 Å². The van der Waals surface area contributed by atoms with E-state index >= 15 is 0 Å². The Hall–Kier alpha value is -1.00. The van der Waals surface area contributed by atoms with Crippen molar-refractivity contribution in [3.05, 3.63) is 35.4 Å². The van der Waals surface area contributed by atoms with Gasteiger partial charge in [0, 0.05) is 12.7 Å². The summed E-state index contributed by atoms with van der Waals surface area (Å²) in [5, 5.41) is 2.86. The van der Waals surface area contributed by atoms with Crippen LogP contribution in [0.15, 0.2) is 18.2 Å². The molecule has 0 aliphatic heterocycles. The molecular weight excluding hydrogens is 188 g/mol. The fourth-order valence-corrected chi connectivity index (χ4v) is 1.28. The Bertz CT molecular complexity index is 304. The third-order valence-corrected chi connectivity index (χ3v) is 2.02. The maximum absolute atomic E-state index is 13.3. The molecule has 14 heavy (non-hydrogen) atoms. The Labute approximate surface area is 81.9 Å². The predicted octanol–water partition coefficient (Wildman–Crippen LogP) is 1.87. The first kappa shape index (κ1) is 11.1. The number of methoxy groups -OCH3 is 1. The van der Waals surface area contributed by atoms with E-state index in [9.17, 15) is 8.78 Å². The monoisotopic (exact) mass is 201 g/mol. The van der Waals surface area contributed by atoms with Crippen LogP contribution in [0.3, 0.4) is 0 Å². The second-order valence-electron chi connectivity index (χ2n) is 2.96. The predicted molar refractivity (Wildman–Crippen MR) is 50.0 cm³/mol. The molecule has 1 aromatic carbocycles. The second-order valence-corrected chi connectivity index (χ2v) is 2.96. The summed E-state index contributed by atoms with van der Waals surface area (Å²) in [5.74, 6) is -0.874. The smallest absolute Gasteiger partial charge is 0.128 e. The van der Waals surface area contributed by atoms with Crippen LogP contribution in [0.1, 0.15) is 11.6 Å². The van der Waals surface area contributed by atoms with Crippen LogP contribution >= 0.6 is 0 Å². The highest BCUT2D eigenvalue weighted by atomic mass is 19.1. The van der Waals surface area contributed by atoms with Gasteiger partial charge < -0.3 is 10.1 Å². The number of nitrogens with one attached hydrogen (secondary N) is 1. The SMILES string of the molecule is CNC(COC)c1cc(F)ccc1F. The van der Waals surface area contributed by atoms with Gasteiger partial charge in [-0.2, -0.15) is 0 Å². The van der Waals surface area contributed by atoms with Crippen molar-refractivity contribution in [3.63, 3.8) is 0 Å². The van der Waals surface area contributed by atoms with Crippen molar-refractivity contribution < 1.29 is 13.5 Å². The van der Waals surface area contributed by atoms with Gasteiger partial charge in [0.25, 0.3) is 0 Å². The Kier molecular flexibility index (Phi) is 3.98. The van der Waals surface area contributed by atoms with E-state index < -0.39 is 11.6 Å². The Morgan fingerprint density at radius 2 is 2.14 bits per heavy atom. The number of ether oxygens (including phenoxy) is 1. The van der Waals surface area contributed by atoms with E-state index in [0.29, 0.717) is 6.61 Å². The average molecular weight is 201 g/mol. The third kappa shape index (κ3) is 2.49. The van der Waals surface area contributed by atoms with Crippen molar-refractivity contribution in [1.82, 2.24) is 5.32 Å². The number of benzene rings is 1. The minimum atomic E-state index is -0.447. The molecule has 0 bridgehead atoms. The van der Waals surface area contributed by atoms with Crippen LogP contribution in [0, 0.1) is 11.6 Å². The van der Waals surface area contributed by atoms with E-state index in [-0.39, 0.29) is 11.6 Å². The highest BCUT2D eigenvalue weighted by Crippen LogP contribution is 2.18.